The lowest BCUT2D eigenvalue weighted by atomic mass is 10.1. The standard InChI is InChI=1S/C16H24N2O3S/c1-13-8-7-9-15(12-13)18(22(3,20)21)14(2)16(19)17-10-5-4-6-11-17/h7-9,12,14H,4-6,10-11H2,1-3H3/t14-/m0/s1. The van der Waals surface area contributed by atoms with E-state index in [4.69, 9.17) is 0 Å². The second kappa shape index (κ2) is 6.69. The lowest BCUT2D eigenvalue weighted by Gasteiger charge is -2.34. The number of aryl methyl sites for hydroxylation is 1. The Balaban J connectivity index is 2.31. The van der Waals surface area contributed by atoms with E-state index in [0.29, 0.717) is 18.8 Å². The minimum absolute atomic E-state index is 0.119. The molecule has 0 bridgehead atoms. The molecule has 0 radical (unpaired) electrons. The minimum atomic E-state index is -3.53. The van der Waals surface area contributed by atoms with Crippen molar-refractivity contribution in [3.8, 4) is 0 Å². The first-order valence-corrected chi connectivity index (χ1v) is 9.50. The Kier molecular flexibility index (Phi) is 5.11. The Morgan fingerprint density at radius 1 is 1.23 bits per heavy atom. The number of sulfonamides is 1. The van der Waals surface area contributed by atoms with E-state index in [1.54, 1.807) is 30.0 Å². The molecule has 0 aromatic heterocycles. The van der Waals surface area contributed by atoms with Gasteiger partial charge in [-0.15, -0.1) is 0 Å². The number of likely N-dealkylation sites (tertiary alicyclic amines) is 1. The molecule has 0 N–H and O–H groups in total. The SMILES string of the molecule is Cc1cccc(N([C@@H](C)C(=O)N2CCCCC2)S(C)(=O)=O)c1. The zero-order valence-electron chi connectivity index (χ0n) is 13.4. The maximum atomic E-state index is 12.7. The molecule has 5 nitrogen and oxygen atoms in total. The number of anilines is 1. The van der Waals surface area contributed by atoms with Crippen LogP contribution in [0.25, 0.3) is 0 Å². The number of carbonyl (C=O) groups excluding carboxylic acids is 1. The number of carbonyl (C=O) groups is 1. The molecule has 6 heteroatoms. The van der Waals surface area contributed by atoms with Crippen molar-refractivity contribution in [2.45, 2.75) is 39.2 Å². The zero-order valence-corrected chi connectivity index (χ0v) is 14.3. The van der Waals surface area contributed by atoms with Gasteiger partial charge in [-0.1, -0.05) is 12.1 Å². The molecule has 0 saturated carbocycles. The molecule has 1 saturated heterocycles. The molecule has 0 unspecified atom stereocenters. The van der Waals surface area contributed by atoms with Crippen molar-refractivity contribution in [3.63, 3.8) is 0 Å². The van der Waals surface area contributed by atoms with E-state index in [9.17, 15) is 13.2 Å². The van der Waals surface area contributed by atoms with Crippen LogP contribution >= 0.6 is 0 Å². The van der Waals surface area contributed by atoms with Gasteiger partial charge in [0.15, 0.2) is 0 Å². The zero-order chi connectivity index (χ0) is 16.3. The van der Waals surface area contributed by atoms with Crippen LogP contribution in [0.3, 0.4) is 0 Å². The third-order valence-corrected chi connectivity index (χ3v) is 5.23. The molecule has 2 rings (SSSR count). The van der Waals surface area contributed by atoms with Gasteiger partial charge in [0, 0.05) is 13.1 Å². The summed E-state index contributed by atoms with van der Waals surface area (Å²) in [5.74, 6) is -0.119. The van der Waals surface area contributed by atoms with E-state index in [2.05, 4.69) is 0 Å². The fraction of sp³-hybridized carbons (Fsp3) is 0.562. The van der Waals surface area contributed by atoms with Crippen LogP contribution < -0.4 is 4.31 Å². The van der Waals surface area contributed by atoms with Crippen LogP contribution in [0.1, 0.15) is 31.7 Å². The van der Waals surface area contributed by atoms with Gasteiger partial charge in [-0.25, -0.2) is 8.42 Å². The molecule has 1 atom stereocenters. The quantitative estimate of drug-likeness (QED) is 0.853. The highest BCUT2D eigenvalue weighted by Crippen LogP contribution is 2.23. The van der Waals surface area contributed by atoms with E-state index in [1.807, 2.05) is 13.0 Å². The van der Waals surface area contributed by atoms with Crippen molar-refractivity contribution in [3.05, 3.63) is 29.8 Å². The number of piperidine rings is 1. The molecule has 0 spiro atoms. The van der Waals surface area contributed by atoms with Gasteiger partial charge in [0.05, 0.1) is 11.9 Å². The van der Waals surface area contributed by atoms with Gasteiger partial charge >= 0.3 is 0 Å². The molecule has 1 amide bonds. The summed E-state index contributed by atoms with van der Waals surface area (Å²) in [4.78, 5) is 14.4. The maximum Gasteiger partial charge on any atom is 0.246 e. The molecule has 22 heavy (non-hydrogen) atoms. The first kappa shape index (κ1) is 16.8. The molecule has 122 valence electrons. The number of benzene rings is 1. The number of rotatable bonds is 4. The van der Waals surface area contributed by atoms with Gasteiger partial charge in [0.25, 0.3) is 0 Å². The van der Waals surface area contributed by atoms with E-state index in [-0.39, 0.29) is 5.91 Å². The lowest BCUT2D eigenvalue weighted by molar-refractivity contribution is -0.132. The summed E-state index contributed by atoms with van der Waals surface area (Å²) >= 11 is 0. The van der Waals surface area contributed by atoms with Crippen LogP contribution in [0.15, 0.2) is 24.3 Å². The van der Waals surface area contributed by atoms with Gasteiger partial charge in [0.2, 0.25) is 15.9 Å². The van der Waals surface area contributed by atoms with Crippen molar-refractivity contribution >= 4 is 21.6 Å². The van der Waals surface area contributed by atoms with Gasteiger partial charge in [0.1, 0.15) is 6.04 Å². The average molecular weight is 324 g/mol. The predicted octanol–water partition coefficient (Wildman–Crippen LogP) is 2.16. The van der Waals surface area contributed by atoms with E-state index in [0.717, 1.165) is 31.1 Å². The summed E-state index contributed by atoms with van der Waals surface area (Å²) in [7, 11) is -3.53. The lowest BCUT2D eigenvalue weighted by Crippen LogP contribution is -2.50. The maximum absolute atomic E-state index is 12.7. The van der Waals surface area contributed by atoms with Crippen LogP contribution in [-0.4, -0.2) is 44.6 Å². The van der Waals surface area contributed by atoms with Crippen LogP contribution in [0.5, 0.6) is 0 Å². The van der Waals surface area contributed by atoms with E-state index >= 15 is 0 Å². The summed E-state index contributed by atoms with van der Waals surface area (Å²) < 4.78 is 25.7. The Morgan fingerprint density at radius 3 is 2.41 bits per heavy atom. The molecule has 1 aliphatic rings. The van der Waals surface area contributed by atoms with Crippen molar-refractivity contribution in [1.82, 2.24) is 4.90 Å². The number of nitrogens with zero attached hydrogens (tertiary/aromatic N) is 2. The van der Waals surface area contributed by atoms with Gasteiger partial charge in [-0.3, -0.25) is 9.10 Å². The largest absolute Gasteiger partial charge is 0.341 e. The number of amides is 1. The molecule has 1 fully saturated rings. The molecule has 1 aliphatic heterocycles. The molecule has 1 aromatic rings. The molecular formula is C16H24N2O3S. The van der Waals surface area contributed by atoms with Crippen molar-refractivity contribution in [2.24, 2.45) is 0 Å². The van der Waals surface area contributed by atoms with E-state index in [1.165, 1.54) is 4.31 Å². The molecular weight excluding hydrogens is 300 g/mol. The highest BCUT2D eigenvalue weighted by molar-refractivity contribution is 7.92. The van der Waals surface area contributed by atoms with Crippen molar-refractivity contribution < 1.29 is 13.2 Å². The topological polar surface area (TPSA) is 57.7 Å². The summed E-state index contributed by atoms with van der Waals surface area (Å²) in [6.07, 6.45) is 4.25. The Hall–Kier alpha value is -1.56. The minimum Gasteiger partial charge on any atom is -0.341 e. The molecule has 1 aromatic carbocycles. The Bertz CT molecular complexity index is 637. The second-order valence-electron chi connectivity index (χ2n) is 5.96. The monoisotopic (exact) mass is 324 g/mol. The Labute approximate surface area is 133 Å². The summed E-state index contributed by atoms with van der Waals surface area (Å²) in [6.45, 7) is 5.00. The van der Waals surface area contributed by atoms with Crippen LogP contribution in [0, 0.1) is 6.92 Å². The summed E-state index contributed by atoms with van der Waals surface area (Å²) in [5, 5.41) is 0. The first-order chi connectivity index (χ1) is 10.3. The van der Waals surface area contributed by atoms with Crippen molar-refractivity contribution in [1.29, 1.82) is 0 Å². The van der Waals surface area contributed by atoms with Crippen LogP contribution in [0.4, 0.5) is 5.69 Å². The van der Waals surface area contributed by atoms with Gasteiger partial charge in [-0.05, 0) is 50.8 Å². The van der Waals surface area contributed by atoms with E-state index < -0.39 is 16.1 Å². The smallest absolute Gasteiger partial charge is 0.246 e. The van der Waals surface area contributed by atoms with Gasteiger partial charge < -0.3 is 4.90 Å². The second-order valence-corrected chi connectivity index (χ2v) is 7.82. The normalized spacial score (nSPS) is 17.1. The Morgan fingerprint density at radius 2 is 1.86 bits per heavy atom. The van der Waals surface area contributed by atoms with Crippen LogP contribution in [-0.2, 0) is 14.8 Å². The molecule has 1 heterocycles. The van der Waals surface area contributed by atoms with Gasteiger partial charge in [-0.2, -0.15) is 0 Å². The first-order valence-electron chi connectivity index (χ1n) is 7.65. The average Bonchev–Trinajstić information content (AvgIpc) is 2.46. The third kappa shape index (κ3) is 3.80. The fourth-order valence-electron chi connectivity index (χ4n) is 2.95. The molecule has 0 aliphatic carbocycles. The van der Waals surface area contributed by atoms with Crippen LogP contribution in [0.2, 0.25) is 0 Å². The highest BCUT2D eigenvalue weighted by Gasteiger charge is 2.32. The number of hydrogen-bond donors (Lipinski definition) is 0. The predicted molar refractivity (Wildman–Crippen MR) is 88.4 cm³/mol. The summed E-state index contributed by atoms with van der Waals surface area (Å²) in [5.41, 5.74) is 1.50. The third-order valence-electron chi connectivity index (χ3n) is 3.99. The number of hydrogen-bond acceptors (Lipinski definition) is 3. The summed E-state index contributed by atoms with van der Waals surface area (Å²) in [6, 6.07) is 6.51. The fourth-order valence-corrected chi connectivity index (χ4v) is 4.11. The highest BCUT2D eigenvalue weighted by atomic mass is 32.2. The van der Waals surface area contributed by atoms with Crippen molar-refractivity contribution in [2.75, 3.05) is 23.7 Å².